The SMILES string of the molecule is Clc1ccccc1C(c1ccccc1)C(c1ccccc1)c1ccccc1Cl. The molecular weight excluding hydrogens is 383 g/mol. The summed E-state index contributed by atoms with van der Waals surface area (Å²) < 4.78 is 0. The average molecular weight is 403 g/mol. The molecule has 0 N–H and O–H groups in total. The van der Waals surface area contributed by atoms with Crippen molar-refractivity contribution in [1.29, 1.82) is 0 Å². The summed E-state index contributed by atoms with van der Waals surface area (Å²) in [6.45, 7) is 0. The zero-order valence-corrected chi connectivity index (χ0v) is 16.8. The fourth-order valence-corrected chi connectivity index (χ4v) is 4.39. The summed E-state index contributed by atoms with van der Waals surface area (Å²) in [6, 6.07) is 37.3. The van der Waals surface area contributed by atoms with Gasteiger partial charge >= 0.3 is 0 Å². The van der Waals surface area contributed by atoms with Crippen molar-refractivity contribution in [2.24, 2.45) is 0 Å². The van der Waals surface area contributed by atoms with Crippen LogP contribution in [0.2, 0.25) is 10.0 Å². The molecule has 0 nitrogen and oxygen atoms in total. The second-order valence-corrected chi connectivity index (χ2v) is 7.63. The summed E-state index contributed by atoms with van der Waals surface area (Å²) in [6.07, 6.45) is 0. The third-order valence-corrected chi connectivity index (χ3v) is 5.82. The second kappa shape index (κ2) is 8.65. The Morgan fingerprint density at radius 1 is 0.393 bits per heavy atom. The van der Waals surface area contributed by atoms with E-state index in [-0.39, 0.29) is 11.8 Å². The molecule has 0 spiro atoms. The van der Waals surface area contributed by atoms with Gasteiger partial charge in [0.25, 0.3) is 0 Å². The van der Waals surface area contributed by atoms with E-state index in [4.69, 9.17) is 23.2 Å². The van der Waals surface area contributed by atoms with Crippen LogP contribution in [0.3, 0.4) is 0 Å². The monoisotopic (exact) mass is 402 g/mol. The lowest BCUT2D eigenvalue weighted by Gasteiger charge is -2.30. The summed E-state index contributed by atoms with van der Waals surface area (Å²) >= 11 is 13.4. The Hall–Kier alpha value is -2.54. The van der Waals surface area contributed by atoms with Gasteiger partial charge in [-0.15, -0.1) is 0 Å². The lowest BCUT2D eigenvalue weighted by atomic mass is 9.74. The van der Waals surface area contributed by atoms with E-state index in [1.54, 1.807) is 0 Å². The molecule has 4 aromatic rings. The number of halogens is 2. The Morgan fingerprint density at radius 3 is 1.07 bits per heavy atom. The van der Waals surface area contributed by atoms with E-state index in [1.807, 2.05) is 48.5 Å². The average Bonchev–Trinajstić information content (AvgIpc) is 2.75. The fraction of sp³-hybridized carbons (Fsp3) is 0.0769. The summed E-state index contributed by atoms with van der Waals surface area (Å²) in [7, 11) is 0. The molecule has 0 heterocycles. The first-order valence-electron chi connectivity index (χ1n) is 9.34. The van der Waals surface area contributed by atoms with Gasteiger partial charge in [-0.1, -0.05) is 120 Å². The van der Waals surface area contributed by atoms with Crippen LogP contribution in [0.25, 0.3) is 0 Å². The molecule has 28 heavy (non-hydrogen) atoms. The van der Waals surface area contributed by atoms with Crippen molar-refractivity contribution in [2.45, 2.75) is 11.8 Å². The molecule has 0 saturated heterocycles. The minimum atomic E-state index is 0.0391. The lowest BCUT2D eigenvalue weighted by molar-refractivity contribution is 0.694. The molecule has 2 atom stereocenters. The topological polar surface area (TPSA) is 0 Å². The number of hydrogen-bond donors (Lipinski definition) is 0. The molecule has 0 fully saturated rings. The van der Waals surface area contributed by atoms with Gasteiger partial charge in [0.1, 0.15) is 0 Å². The van der Waals surface area contributed by atoms with Crippen molar-refractivity contribution in [3.63, 3.8) is 0 Å². The van der Waals surface area contributed by atoms with Crippen LogP contribution in [-0.4, -0.2) is 0 Å². The highest BCUT2D eigenvalue weighted by Crippen LogP contribution is 2.46. The van der Waals surface area contributed by atoms with Crippen LogP contribution in [0.1, 0.15) is 34.1 Å². The van der Waals surface area contributed by atoms with E-state index in [1.165, 1.54) is 11.1 Å². The predicted octanol–water partition coefficient (Wildman–Crippen LogP) is 7.96. The smallest absolute Gasteiger partial charge is 0.0444 e. The minimum absolute atomic E-state index is 0.0391. The van der Waals surface area contributed by atoms with Gasteiger partial charge in [-0.05, 0) is 34.4 Å². The Kier molecular flexibility index (Phi) is 5.81. The Balaban J connectivity index is 1.99. The molecule has 2 unspecified atom stereocenters. The Morgan fingerprint density at radius 2 is 0.714 bits per heavy atom. The van der Waals surface area contributed by atoms with Gasteiger partial charge in [-0.25, -0.2) is 0 Å². The van der Waals surface area contributed by atoms with Crippen LogP contribution in [0.5, 0.6) is 0 Å². The van der Waals surface area contributed by atoms with Crippen LogP contribution in [-0.2, 0) is 0 Å². The summed E-state index contributed by atoms with van der Waals surface area (Å²) in [5.74, 6) is 0.0781. The third-order valence-electron chi connectivity index (χ3n) is 5.13. The number of benzene rings is 4. The van der Waals surface area contributed by atoms with Crippen molar-refractivity contribution in [2.75, 3.05) is 0 Å². The predicted molar refractivity (Wildman–Crippen MR) is 119 cm³/mol. The summed E-state index contributed by atoms with van der Waals surface area (Å²) in [5.41, 5.74) is 4.63. The molecule has 4 rings (SSSR count). The Bertz CT molecular complexity index is 955. The molecule has 0 amide bonds. The maximum Gasteiger partial charge on any atom is 0.0444 e. The maximum atomic E-state index is 6.69. The van der Waals surface area contributed by atoms with Crippen molar-refractivity contribution >= 4 is 23.2 Å². The van der Waals surface area contributed by atoms with E-state index in [0.29, 0.717) is 0 Å². The molecule has 0 saturated carbocycles. The van der Waals surface area contributed by atoms with Crippen molar-refractivity contribution < 1.29 is 0 Å². The summed E-state index contributed by atoms with van der Waals surface area (Å²) in [5, 5.41) is 1.54. The van der Waals surface area contributed by atoms with E-state index in [2.05, 4.69) is 60.7 Å². The van der Waals surface area contributed by atoms with E-state index < -0.39 is 0 Å². The van der Waals surface area contributed by atoms with Gasteiger partial charge in [-0.3, -0.25) is 0 Å². The van der Waals surface area contributed by atoms with Gasteiger partial charge in [-0.2, -0.15) is 0 Å². The van der Waals surface area contributed by atoms with Crippen molar-refractivity contribution in [3.05, 3.63) is 141 Å². The first-order valence-corrected chi connectivity index (χ1v) is 10.1. The first-order chi connectivity index (χ1) is 13.8. The highest BCUT2D eigenvalue weighted by molar-refractivity contribution is 6.32. The van der Waals surface area contributed by atoms with Gasteiger partial charge < -0.3 is 0 Å². The zero-order valence-electron chi connectivity index (χ0n) is 15.3. The lowest BCUT2D eigenvalue weighted by Crippen LogP contribution is -2.15. The standard InChI is InChI=1S/C26H20Cl2/c27-23-17-9-7-15-21(23)25(19-11-3-1-4-12-19)26(20-13-5-2-6-14-20)22-16-8-10-18-24(22)28/h1-18,25-26H. The van der Waals surface area contributed by atoms with Crippen molar-refractivity contribution in [3.8, 4) is 0 Å². The Labute approximate surface area is 176 Å². The molecule has 0 aliphatic heterocycles. The van der Waals surface area contributed by atoms with Crippen LogP contribution < -0.4 is 0 Å². The molecule has 0 aliphatic rings. The van der Waals surface area contributed by atoms with Gasteiger partial charge in [0.05, 0.1) is 0 Å². The summed E-state index contributed by atoms with van der Waals surface area (Å²) in [4.78, 5) is 0. The quantitative estimate of drug-likeness (QED) is 0.317. The van der Waals surface area contributed by atoms with Crippen molar-refractivity contribution in [1.82, 2.24) is 0 Å². The molecule has 2 heteroatoms. The van der Waals surface area contributed by atoms with Gasteiger partial charge in [0.15, 0.2) is 0 Å². The largest absolute Gasteiger partial charge is 0.0840 e. The van der Waals surface area contributed by atoms with E-state index >= 15 is 0 Å². The minimum Gasteiger partial charge on any atom is -0.0840 e. The number of hydrogen-bond acceptors (Lipinski definition) is 0. The van der Waals surface area contributed by atoms with Crippen LogP contribution >= 0.6 is 23.2 Å². The maximum absolute atomic E-state index is 6.69. The van der Waals surface area contributed by atoms with Gasteiger partial charge in [0, 0.05) is 21.9 Å². The second-order valence-electron chi connectivity index (χ2n) is 6.82. The third kappa shape index (κ3) is 3.85. The fourth-order valence-electron chi connectivity index (χ4n) is 3.88. The number of rotatable bonds is 5. The zero-order chi connectivity index (χ0) is 19.3. The molecule has 0 aromatic heterocycles. The molecule has 138 valence electrons. The molecule has 0 radical (unpaired) electrons. The molecular formula is C26H20Cl2. The van der Waals surface area contributed by atoms with Crippen LogP contribution in [0, 0.1) is 0 Å². The first kappa shape index (κ1) is 18.8. The highest BCUT2D eigenvalue weighted by Gasteiger charge is 2.30. The van der Waals surface area contributed by atoms with Gasteiger partial charge in [0.2, 0.25) is 0 Å². The van der Waals surface area contributed by atoms with E-state index in [0.717, 1.165) is 21.2 Å². The molecule has 0 aliphatic carbocycles. The van der Waals surface area contributed by atoms with Crippen LogP contribution in [0.15, 0.2) is 109 Å². The highest BCUT2D eigenvalue weighted by atomic mass is 35.5. The van der Waals surface area contributed by atoms with Crippen LogP contribution in [0.4, 0.5) is 0 Å². The molecule has 0 bridgehead atoms. The normalized spacial score (nSPS) is 13.1. The van der Waals surface area contributed by atoms with E-state index in [9.17, 15) is 0 Å². The molecule has 4 aromatic carbocycles.